The van der Waals surface area contributed by atoms with Gasteiger partial charge in [0.2, 0.25) is 16.0 Å². The van der Waals surface area contributed by atoms with E-state index in [-0.39, 0.29) is 48.3 Å². The summed E-state index contributed by atoms with van der Waals surface area (Å²) in [5.41, 5.74) is 7.57. The van der Waals surface area contributed by atoms with Crippen LogP contribution in [0.3, 0.4) is 0 Å². The van der Waals surface area contributed by atoms with E-state index in [0.29, 0.717) is 34.9 Å². The molecule has 2 aliphatic rings. The number of nitrogens with zero attached hydrogens (tertiary/aromatic N) is 4. The van der Waals surface area contributed by atoms with Gasteiger partial charge in [0.1, 0.15) is 0 Å². The Morgan fingerprint density at radius 1 is 0.974 bits per heavy atom. The van der Waals surface area contributed by atoms with Gasteiger partial charge < -0.3 is 20.9 Å². The summed E-state index contributed by atoms with van der Waals surface area (Å²) in [5.74, 6) is 1.16. The number of rotatable bonds is 9. The summed E-state index contributed by atoms with van der Waals surface area (Å²) in [7, 11) is -3.64. The zero-order valence-corrected chi connectivity index (χ0v) is 24.2. The zero-order chi connectivity index (χ0) is 25.1. The van der Waals surface area contributed by atoms with Gasteiger partial charge in [-0.2, -0.15) is 9.97 Å². The first-order valence-electron chi connectivity index (χ1n) is 12.6. The lowest BCUT2D eigenvalue weighted by Gasteiger charge is -2.27. The van der Waals surface area contributed by atoms with Crippen molar-refractivity contribution >= 4 is 69.4 Å². The Balaban J connectivity index is 0.00000200. The summed E-state index contributed by atoms with van der Waals surface area (Å²) in [4.78, 5) is 14.4. The number of halogens is 3. The van der Waals surface area contributed by atoms with E-state index in [9.17, 15) is 8.42 Å². The molecule has 0 atom stereocenters. The molecule has 1 aromatic carbocycles. The molecule has 5 rings (SSSR count). The van der Waals surface area contributed by atoms with Crippen molar-refractivity contribution in [1.82, 2.24) is 24.2 Å². The highest BCUT2D eigenvalue weighted by molar-refractivity contribution is 7.89. The van der Waals surface area contributed by atoms with E-state index >= 15 is 0 Å². The highest BCUT2D eigenvalue weighted by Gasteiger charge is 2.24. The fourth-order valence-corrected chi connectivity index (χ4v) is 6.22. The second-order valence-electron chi connectivity index (χ2n) is 9.69. The maximum absolute atomic E-state index is 12.6. The molecule has 3 aromatic rings. The van der Waals surface area contributed by atoms with Crippen LogP contribution in [-0.4, -0.2) is 53.1 Å². The van der Waals surface area contributed by atoms with Crippen LogP contribution in [0.1, 0.15) is 57.4 Å². The highest BCUT2D eigenvalue weighted by atomic mass is 35.5. The van der Waals surface area contributed by atoms with Gasteiger partial charge in [0, 0.05) is 36.2 Å². The van der Waals surface area contributed by atoms with Gasteiger partial charge >= 0.3 is 0 Å². The second kappa shape index (κ2) is 13.5. The van der Waals surface area contributed by atoms with Gasteiger partial charge in [-0.05, 0) is 62.8 Å². The highest BCUT2D eigenvalue weighted by Crippen LogP contribution is 2.33. The number of hydrogen-bond donors (Lipinski definition) is 4. The molecule has 0 unspecified atom stereocenters. The first-order chi connectivity index (χ1) is 17.4. The van der Waals surface area contributed by atoms with E-state index in [4.69, 9.17) is 27.3 Å². The number of imidazole rings is 1. The van der Waals surface area contributed by atoms with Crippen LogP contribution in [0.2, 0.25) is 5.02 Å². The molecule has 10 nitrogen and oxygen atoms in total. The minimum Gasteiger partial charge on any atom is -0.367 e. The lowest BCUT2D eigenvalue weighted by atomic mass is 9.92. The molecule has 2 aliphatic carbocycles. The molecule has 0 bridgehead atoms. The molecule has 5 N–H and O–H groups in total. The Morgan fingerprint density at radius 3 is 2.34 bits per heavy atom. The smallest absolute Gasteiger partial charge is 0.240 e. The Hall–Kier alpha value is -1.89. The van der Waals surface area contributed by atoms with Crippen molar-refractivity contribution < 1.29 is 8.42 Å². The predicted molar refractivity (Wildman–Crippen MR) is 156 cm³/mol. The molecule has 0 amide bonds. The van der Waals surface area contributed by atoms with Crippen LogP contribution >= 0.6 is 36.4 Å². The average Bonchev–Trinajstić information content (AvgIpc) is 3.53. The number of nitrogens with one attached hydrogen (secondary N) is 3. The molecule has 2 heterocycles. The van der Waals surface area contributed by atoms with E-state index in [0.717, 1.165) is 44.2 Å². The zero-order valence-electron chi connectivity index (χ0n) is 21.0. The molecular formula is C24H35Cl3N8O2S. The van der Waals surface area contributed by atoms with Crippen molar-refractivity contribution in [1.29, 1.82) is 0 Å². The third-order valence-electron chi connectivity index (χ3n) is 7.08. The van der Waals surface area contributed by atoms with Crippen LogP contribution in [0.4, 0.5) is 11.8 Å². The summed E-state index contributed by atoms with van der Waals surface area (Å²) >= 11 is 5.87. The minimum atomic E-state index is -3.64. The first-order valence-corrected chi connectivity index (χ1v) is 14.5. The van der Waals surface area contributed by atoms with Crippen LogP contribution in [0.5, 0.6) is 0 Å². The number of hydrogen-bond acceptors (Lipinski definition) is 8. The molecule has 38 heavy (non-hydrogen) atoms. The topological polar surface area (TPSA) is 140 Å². The molecule has 14 heteroatoms. The molecule has 2 saturated carbocycles. The van der Waals surface area contributed by atoms with E-state index in [1.165, 1.54) is 25.0 Å². The van der Waals surface area contributed by atoms with Gasteiger partial charge in [0.25, 0.3) is 0 Å². The van der Waals surface area contributed by atoms with Crippen LogP contribution in [-0.2, 0) is 10.0 Å². The van der Waals surface area contributed by atoms with E-state index in [1.807, 2.05) is 6.33 Å². The number of nitrogens with two attached hydrogens (primary N) is 1. The largest absolute Gasteiger partial charge is 0.367 e. The number of anilines is 2. The number of fused-ring (bicyclic) bond motifs is 1. The van der Waals surface area contributed by atoms with E-state index in [2.05, 4.69) is 24.9 Å². The normalized spacial score (nSPS) is 20.1. The quantitative estimate of drug-likeness (QED) is 0.261. The fourth-order valence-electron chi connectivity index (χ4n) is 5.06. The summed E-state index contributed by atoms with van der Waals surface area (Å²) in [6, 6.07) is 7.02. The lowest BCUT2D eigenvalue weighted by molar-refractivity contribution is 0.410. The van der Waals surface area contributed by atoms with E-state index < -0.39 is 10.0 Å². The number of benzene rings is 1. The molecule has 0 radical (unpaired) electrons. The fraction of sp³-hybridized carbons (Fsp3) is 0.542. The van der Waals surface area contributed by atoms with Crippen LogP contribution in [0.15, 0.2) is 35.5 Å². The summed E-state index contributed by atoms with van der Waals surface area (Å²) in [5, 5.41) is 7.26. The Morgan fingerprint density at radius 2 is 1.66 bits per heavy atom. The third-order valence-corrected chi connectivity index (χ3v) is 8.81. The summed E-state index contributed by atoms with van der Waals surface area (Å²) in [6.45, 7) is 0.524. The van der Waals surface area contributed by atoms with Crippen molar-refractivity contribution in [3.05, 3.63) is 35.6 Å². The average molecular weight is 606 g/mol. The number of sulfonamides is 1. The molecule has 0 aliphatic heterocycles. The Kier molecular flexibility index (Phi) is 10.8. The third kappa shape index (κ3) is 7.19. The van der Waals surface area contributed by atoms with Crippen LogP contribution in [0, 0.1) is 0 Å². The van der Waals surface area contributed by atoms with Crippen molar-refractivity contribution in [3.8, 4) is 0 Å². The minimum absolute atomic E-state index is 0. The SMILES string of the molecule is Cl.Cl.NC1CCC(Nc2nc(NCCNS(=O)(=O)c3ccc(Cl)cc3)c3ncn(C4CCCC4)c3n2)CC1. The molecular weight excluding hydrogens is 571 g/mol. The molecule has 2 aromatic heterocycles. The van der Waals surface area contributed by atoms with Gasteiger partial charge in [-0.15, -0.1) is 24.8 Å². The van der Waals surface area contributed by atoms with Crippen LogP contribution in [0.25, 0.3) is 11.2 Å². The molecule has 2 fully saturated rings. The monoisotopic (exact) mass is 604 g/mol. The molecule has 0 spiro atoms. The maximum Gasteiger partial charge on any atom is 0.240 e. The Labute approximate surface area is 240 Å². The lowest BCUT2D eigenvalue weighted by Crippen LogP contribution is -2.33. The molecule has 0 saturated heterocycles. The van der Waals surface area contributed by atoms with Crippen molar-refractivity contribution in [2.45, 2.75) is 74.4 Å². The summed E-state index contributed by atoms with van der Waals surface area (Å²) < 4.78 is 29.9. The molecule has 210 valence electrons. The van der Waals surface area contributed by atoms with Crippen LogP contribution < -0.4 is 21.1 Å². The van der Waals surface area contributed by atoms with Crippen molar-refractivity contribution in [3.63, 3.8) is 0 Å². The van der Waals surface area contributed by atoms with Gasteiger partial charge in [-0.3, -0.25) is 0 Å². The van der Waals surface area contributed by atoms with Gasteiger partial charge in [-0.25, -0.2) is 18.1 Å². The summed E-state index contributed by atoms with van der Waals surface area (Å²) in [6.07, 6.45) is 10.5. The van der Waals surface area contributed by atoms with Crippen molar-refractivity contribution in [2.24, 2.45) is 5.73 Å². The van der Waals surface area contributed by atoms with Gasteiger partial charge in [0.15, 0.2) is 17.0 Å². The number of aromatic nitrogens is 4. The predicted octanol–water partition coefficient (Wildman–Crippen LogP) is 4.51. The first kappa shape index (κ1) is 30.6. The van der Waals surface area contributed by atoms with Gasteiger partial charge in [-0.1, -0.05) is 24.4 Å². The maximum atomic E-state index is 12.6. The van der Waals surface area contributed by atoms with Gasteiger partial charge in [0.05, 0.1) is 11.2 Å². The second-order valence-corrected chi connectivity index (χ2v) is 11.9. The van der Waals surface area contributed by atoms with Crippen molar-refractivity contribution in [2.75, 3.05) is 23.7 Å². The van der Waals surface area contributed by atoms with E-state index in [1.54, 1.807) is 12.1 Å². The Bertz CT molecular complexity index is 1290. The standard InChI is InChI=1S/C24H33ClN8O2S.2ClH/c25-16-5-11-20(12-6-16)36(34,35)29-14-13-27-22-21-23(33(15-28-21)19-3-1-2-4-19)32-24(31-22)30-18-9-7-17(26)8-10-18;;/h5-6,11-12,15,17-19,29H,1-4,7-10,13-14,26H2,(H2,27,30,31,32);2*1H.